The molecule has 3 N–H and O–H groups in total. The Morgan fingerprint density at radius 2 is 2.00 bits per heavy atom. The lowest BCUT2D eigenvalue weighted by atomic mass is 10.1. The van der Waals surface area contributed by atoms with Gasteiger partial charge >= 0.3 is 0 Å². The van der Waals surface area contributed by atoms with E-state index in [1.54, 1.807) is 19.1 Å². The molecule has 1 aromatic rings. The maximum absolute atomic E-state index is 12.4. The molecule has 0 aromatic heterocycles. The number of benzene rings is 1. The number of rotatable bonds is 4. The number of sulfonamides is 1. The van der Waals surface area contributed by atoms with Crippen molar-refractivity contribution in [2.24, 2.45) is 11.8 Å². The summed E-state index contributed by atoms with van der Waals surface area (Å²) >= 11 is 0. The standard InChI is InChI=1S/C15H24N2O2S/c1-10-4-5-13(6-10)9-17-20(18,19)15-8-11(2)7-14(16)12(15)3/h7-8,10,13,17H,4-6,9,16H2,1-3H3. The van der Waals surface area contributed by atoms with Crippen LogP contribution >= 0.6 is 0 Å². The molecule has 0 spiro atoms. The molecule has 0 bridgehead atoms. The fourth-order valence-electron chi connectivity index (χ4n) is 2.95. The fraction of sp³-hybridized carbons (Fsp3) is 0.600. The van der Waals surface area contributed by atoms with Crippen LogP contribution in [0.5, 0.6) is 0 Å². The number of nitrogen functional groups attached to an aromatic ring is 1. The van der Waals surface area contributed by atoms with Crippen LogP contribution in [0.2, 0.25) is 0 Å². The van der Waals surface area contributed by atoms with E-state index in [-0.39, 0.29) is 0 Å². The zero-order valence-corrected chi connectivity index (χ0v) is 13.3. The number of nitrogens with two attached hydrogens (primary N) is 1. The minimum absolute atomic E-state index is 0.307. The summed E-state index contributed by atoms with van der Waals surface area (Å²) in [5.41, 5.74) is 7.88. The normalized spacial score (nSPS) is 23.1. The van der Waals surface area contributed by atoms with E-state index in [2.05, 4.69) is 11.6 Å². The molecule has 1 aliphatic carbocycles. The molecule has 1 fully saturated rings. The number of nitrogens with one attached hydrogen (secondary N) is 1. The second kappa shape index (κ2) is 5.74. The van der Waals surface area contributed by atoms with Gasteiger partial charge in [-0.15, -0.1) is 0 Å². The summed E-state index contributed by atoms with van der Waals surface area (Å²) in [5, 5.41) is 0. The number of aryl methyl sites for hydroxylation is 1. The SMILES string of the molecule is Cc1cc(N)c(C)c(S(=O)(=O)NCC2CCC(C)C2)c1. The van der Waals surface area contributed by atoms with Gasteiger partial charge in [0.2, 0.25) is 10.0 Å². The number of hydrogen-bond acceptors (Lipinski definition) is 3. The summed E-state index contributed by atoms with van der Waals surface area (Å²) < 4.78 is 27.6. The molecule has 0 radical (unpaired) electrons. The lowest BCUT2D eigenvalue weighted by molar-refractivity contribution is 0.498. The molecule has 1 aromatic carbocycles. The van der Waals surface area contributed by atoms with E-state index in [0.29, 0.717) is 34.5 Å². The highest BCUT2D eigenvalue weighted by Gasteiger charge is 2.24. The molecule has 2 atom stereocenters. The Kier molecular flexibility index (Phi) is 4.39. The summed E-state index contributed by atoms with van der Waals surface area (Å²) in [4.78, 5) is 0.307. The van der Waals surface area contributed by atoms with E-state index >= 15 is 0 Å². The van der Waals surface area contributed by atoms with Gasteiger partial charge in [-0.05, 0) is 61.8 Å². The minimum atomic E-state index is -3.47. The Hall–Kier alpha value is -1.07. The van der Waals surface area contributed by atoms with E-state index in [1.165, 1.54) is 6.42 Å². The molecule has 112 valence electrons. The highest BCUT2D eigenvalue weighted by molar-refractivity contribution is 7.89. The summed E-state index contributed by atoms with van der Waals surface area (Å²) in [6, 6.07) is 3.48. The van der Waals surface area contributed by atoms with Gasteiger partial charge in [0.25, 0.3) is 0 Å². The van der Waals surface area contributed by atoms with Gasteiger partial charge in [-0.2, -0.15) is 0 Å². The van der Waals surface area contributed by atoms with Gasteiger partial charge < -0.3 is 5.73 Å². The zero-order valence-electron chi connectivity index (χ0n) is 12.4. The third-order valence-corrected chi connectivity index (χ3v) is 5.75. The van der Waals surface area contributed by atoms with Crippen LogP contribution in [0.1, 0.15) is 37.3 Å². The summed E-state index contributed by atoms with van der Waals surface area (Å²) in [6.07, 6.45) is 3.42. The van der Waals surface area contributed by atoms with Gasteiger partial charge in [-0.3, -0.25) is 0 Å². The molecule has 2 unspecified atom stereocenters. The van der Waals surface area contributed by atoms with Crippen LogP contribution in [0, 0.1) is 25.7 Å². The van der Waals surface area contributed by atoms with E-state index < -0.39 is 10.0 Å². The largest absolute Gasteiger partial charge is 0.398 e. The highest BCUT2D eigenvalue weighted by atomic mass is 32.2. The topological polar surface area (TPSA) is 72.2 Å². The predicted molar refractivity (Wildman–Crippen MR) is 82.0 cm³/mol. The van der Waals surface area contributed by atoms with Gasteiger partial charge in [0.05, 0.1) is 4.90 Å². The molecule has 20 heavy (non-hydrogen) atoms. The van der Waals surface area contributed by atoms with E-state index in [9.17, 15) is 8.42 Å². The second-order valence-electron chi connectivity index (χ2n) is 6.11. The lowest BCUT2D eigenvalue weighted by Crippen LogP contribution is -2.29. The van der Waals surface area contributed by atoms with Crippen LogP contribution in [-0.2, 0) is 10.0 Å². The Morgan fingerprint density at radius 3 is 2.60 bits per heavy atom. The molecule has 0 amide bonds. The van der Waals surface area contributed by atoms with Crippen molar-refractivity contribution in [1.29, 1.82) is 0 Å². The molecule has 4 nitrogen and oxygen atoms in total. The highest BCUT2D eigenvalue weighted by Crippen LogP contribution is 2.30. The smallest absolute Gasteiger partial charge is 0.240 e. The summed E-state index contributed by atoms with van der Waals surface area (Å²) in [6.45, 7) is 6.36. The molecular formula is C15H24N2O2S. The van der Waals surface area contributed by atoms with Crippen LogP contribution in [0.25, 0.3) is 0 Å². The van der Waals surface area contributed by atoms with Gasteiger partial charge in [0, 0.05) is 12.2 Å². The molecule has 1 saturated carbocycles. The first-order valence-electron chi connectivity index (χ1n) is 7.16. The summed E-state index contributed by atoms with van der Waals surface area (Å²) in [7, 11) is -3.47. The molecule has 0 aliphatic heterocycles. The fourth-order valence-corrected chi connectivity index (χ4v) is 4.42. The third-order valence-electron chi connectivity index (χ3n) is 4.20. The van der Waals surface area contributed by atoms with Crippen molar-refractivity contribution in [2.45, 2.75) is 44.9 Å². The van der Waals surface area contributed by atoms with Crippen molar-refractivity contribution >= 4 is 15.7 Å². The molecule has 5 heteroatoms. The van der Waals surface area contributed by atoms with Crippen molar-refractivity contribution in [3.05, 3.63) is 23.3 Å². The maximum atomic E-state index is 12.4. The predicted octanol–water partition coefficient (Wildman–Crippen LogP) is 2.60. The van der Waals surface area contributed by atoms with Gasteiger partial charge in [0.1, 0.15) is 0 Å². The molecule has 2 rings (SSSR count). The second-order valence-corrected chi connectivity index (χ2v) is 7.85. The van der Waals surface area contributed by atoms with E-state index in [0.717, 1.165) is 18.4 Å². The average Bonchev–Trinajstić information content (AvgIpc) is 2.77. The Morgan fingerprint density at radius 1 is 1.30 bits per heavy atom. The first-order valence-corrected chi connectivity index (χ1v) is 8.64. The van der Waals surface area contributed by atoms with Gasteiger partial charge in [-0.1, -0.05) is 13.3 Å². The van der Waals surface area contributed by atoms with Crippen LogP contribution in [-0.4, -0.2) is 15.0 Å². The first-order chi connectivity index (χ1) is 9.29. The van der Waals surface area contributed by atoms with Crippen molar-refractivity contribution in [2.75, 3.05) is 12.3 Å². The van der Waals surface area contributed by atoms with Crippen molar-refractivity contribution < 1.29 is 8.42 Å². The summed E-state index contributed by atoms with van der Waals surface area (Å²) in [5.74, 6) is 1.17. The monoisotopic (exact) mass is 296 g/mol. The molecular weight excluding hydrogens is 272 g/mol. The van der Waals surface area contributed by atoms with Gasteiger partial charge in [0.15, 0.2) is 0 Å². The Labute approximate surface area is 121 Å². The quantitative estimate of drug-likeness (QED) is 0.839. The van der Waals surface area contributed by atoms with Gasteiger partial charge in [-0.25, -0.2) is 13.1 Å². The zero-order chi connectivity index (χ0) is 14.9. The molecule has 0 heterocycles. The lowest BCUT2D eigenvalue weighted by Gasteiger charge is -2.14. The minimum Gasteiger partial charge on any atom is -0.398 e. The van der Waals surface area contributed by atoms with Crippen molar-refractivity contribution in [1.82, 2.24) is 4.72 Å². The van der Waals surface area contributed by atoms with Crippen LogP contribution in [0.15, 0.2) is 17.0 Å². The molecule has 1 aliphatic rings. The van der Waals surface area contributed by atoms with Crippen molar-refractivity contribution in [3.63, 3.8) is 0 Å². The Bertz CT molecular complexity index is 596. The third kappa shape index (κ3) is 3.33. The average molecular weight is 296 g/mol. The van der Waals surface area contributed by atoms with Crippen LogP contribution in [0.3, 0.4) is 0 Å². The van der Waals surface area contributed by atoms with Crippen molar-refractivity contribution in [3.8, 4) is 0 Å². The van der Waals surface area contributed by atoms with Crippen LogP contribution < -0.4 is 10.5 Å². The number of anilines is 1. The Balaban J connectivity index is 2.14. The van der Waals surface area contributed by atoms with E-state index in [4.69, 9.17) is 5.73 Å². The maximum Gasteiger partial charge on any atom is 0.240 e. The molecule has 0 saturated heterocycles. The van der Waals surface area contributed by atoms with Crippen LogP contribution in [0.4, 0.5) is 5.69 Å². The number of hydrogen-bond donors (Lipinski definition) is 2. The first kappa shape index (κ1) is 15.3. The van der Waals surface area contributed by atoms with E-state index in [1.807, 2.05) is 6.92 Å².